The number of carboxylic acid groups (broad SMARTS) is 2. The topological polar surface area (TPSA) is 74.6 Å². The fourth-order valence-electron chi connectivity index (χ4n) is 1.81. The van der Waals surface area contributed by atoms with Crippen LogP contribution < -0.4 is 0 Å². The van der Waals surface area contributed by atoms with Crippen molar-refractivity contribution in [1.29, 1.82) is 0 Å². The molecule has 1 aliphatic carbocycles. The van der Waals surface area contributed by atoms with Crippen molar-refractivity contribution in [3.8, 4) is 0 Å². The number of hydrogen-bond donors (Lipinski definition) is 2. The summed E-state index contributed by atoms with van der Waals surface area (Å²) < 4.78 is 0. The van der Waals surface area contributed by atoms with Gasteiger partial charge in [-0.2, -0.15) is 0 Å². The van der Waals surface area contributed by atoms with Gasteiger partial charge in [-0.3, -0.25) is 0 Å². The highest BCUT2D eigenvalue weighted by atomic mass is 16.4. The Hall–Kier alpha value is -2.10. The molecule has 1 aliphatic rings. The molecule has 1 aromatic carbocycles. The van der Waals surface area contributed by atoms with Crippen LogP contribution in [0, 0.1) is 0 Å². The zero-order valence-electron chi connectivity index (χ0n) is 10.8. The maximum atomic E-state index is 10.3. The third kappa shape index (κ3) is 5.38. The molecule has 1 saturated carbocycles. The highest BCUT2D eigenvalue weighted by molar-refractivity contribution is 5.91. The van der Waals surface area contributed by atoms with Crippen LogP contribution in [0.3, 0.4) is 0 Å². The van der Waals surface area contributed by atoms with Crippen molar-refractivity contribution in [3.05, 3.63) is 47.5 Å². The van der Waals surface area contributed by atoms with Gasteiger partial charge in [-0.1, -0.05) is 18.6 Å². The van der Waals surface area contributed by atoms with Crippen LogP contribution in [-0.4, -0.2) is 22.2 Å². The van der Waals surface area contributed by atoms with E-state index < -0.39 is 11.9 Å². The van der Waals surface area contributed by atoms with Crippen LogP contribution in [0.15, 0.2) is 36.4 Å². The van der Waals surface area contributed by atoms with E-state index in [1.807, 2.05) is 0 Å². The number of aromatic carboxylic acids is 2. The average molecular weight is 262 g/mol. The summed E-state index contributed by atoms with van der Waals surface area (Å²) in [4.78, 5) is 20.7. The normalized spacial score (nSPS) is 14.2. The van der Waals surface area contributed by atoms with Crippen molar-refractivity contribution in [2.45, 2.75) is 32.1 Å². The van der Waals surface area contributed by atoms with Crippen LogP contribution in [0.25, 0.3) is 0 Å². The zero-order chi connectivity index (χ0) is 14.3. The van der Waals surface area contributed by atoms with Gasteiger partial charge >= 0.3 is 11.9 Å². The van der Waals surface area contributed by atoms with Gasteiger partial charge < -0.3 is 10.2 Å². The SMILES string of the molecule is C=C1CCCCC1.O=C(O)c1ccc(C(=O)O)cc1. The Labute approximate surface area is 112 Å². The van der Waals surface area contributed by atoms with Crippen LogP contribution in [-0.2, 0) is 0 Å². The van der Waals surface area contributed by atoms with E-state index in [-0.39, 0.29) is 11.1 Å². The molecule has 0 atom stereocenters. The van der Waals surface area contributed by atoms with Crippen molar-refractivity contribution in [3.63, 3.8) is 0 Å². The Morgan fingerprint density at radius 3 is 1.42 bits per heavy atom. The van der Waals surface area contributed by atoms with Gasteiger partial charge in [0.1, 0.15) is 0 Å². The zero-order valence-corrected chi connectivity index (χ0v) is 10.8. The van der Waals surface area contributed by atoms with E-state index in [1.165, 1.54) is 61.9 Å². The number of carboxylic acids is 2. The van der Waals surface area contributed by atoms with Gasteiger partial charge in [0.2, 0.25) is 0 Å². The Balaban J connectivity index is 0.000000218. The maximum Gasteiger partial charge on any atom is 0.335 e. The predicted molar refractivity (Wildman–Crippen MR) is 72.6 cm³/mol. The molecule has 1 fully saturated rings. The second-order valence-corrected chi connectivity index (χ2v) is 4.50. The molecule has 0 radical (unpaired) electrons. The fourth-order valence-corrected chi connectivity index (χ4v) is 1.81. The summed E-state index contributed by atoms with van der Waals surface area (Å²) in [6, 6.07) is 5.02. The molecule has 0 unspecified atom stereocenters. The summed E-state index contributed by atoms with van der Waals surface area (Å²) in [7, 11) is 0. The highest BCUT2D eigenvalue weighted by Gasteiger charge is 2.04. The smallest absolute Gasteiger partial charge is 0.335 e. The van der Waals surface area contributed by atoms with Gasteiger partial charge in [0.25, 0.3) is 0 Å². The molecular weight excluding hydrogens is 244 g/mol. The summed E-state index contributed by atoms with van der Waals surface area (Å²) in [6.45, 7) is 3.91. The molecule has 4 heteroatoms. The van der Waals surface area contributed by atoms with Crippen molar-refractivity contribution >= 4 is 11.9 Å². The molecule has 2 N–H and O–H groups in total. The van der Waals surface area contributed by atoms with Crippen LogP contribution in [0.2, 0.25) is 0 Å². The van der Waals surface area contributed by atoms with Gasteiger partial charge in [-0.05, 0) is 49.9 Å². The Kier molecular flexibility index (Phi) is 5.79. The lowest BCUT2D eigenvalue weighted by Gasteiger charge is -2.10. The van der Waals surface area contributed by atoms with Crippen LogP contribution in [0.5, 0.6) is 0 Å². The third-order valence-corrected chi connectivity index (χ3v) is 2.94. The highest BCUT2D eigenvalue weighted by Crippen LogP contribution is 2.20. The first-order valence-electron chi connectivity index (χ1n) is 6.24. The number of allylic oxidation sites excluding steroid dienone is 1. The van der Waals surface area contributed by atoms with E-state index in [0.717, 1.165) is 0 Å². The summed E-state index contributed by atoms with van der Waals surface area (Å²) in [5, 5.41) is 16.9. The molecule has 102 valence electrons. The Morgan fingerprint density at radius 1 is 0.842 bits per heavy atom. The minimum atomic E-state index is -1.06. The van der Waals surface area contributed by atoms with E-state index in [2.05, 4.69) is 6.58 Å². The second kappa shape index (κ2) is 7.36. The van der Waals surface area contributed by atoms with Gasteiger partial charge in [0.15, 0.2) is 0 Å². The first-order chi connectivity index (χ1) is 9.00. The molecule has 0 amide bonds. The molecular formula is C15H18O4. The number of hydrogen-bond acceptors (Lipinski definition) is 2. The number of benzene rings is 1. The molecule has 19 heavy (non-hydrogen) atoms. The minimum Gasteiger partial charge on any atom is -0.478 e. The minimum absolute atomic E-state index is 0.0833. The molecule has 0 spiro atoms. The second-order valence-electron chi connectivity index (χ2n) is 4.50. The Morgan fingerprint density at radius 2 is 1.21 bits per heavy atom. The predicted octanol–water partition coefficient (Wildman–Crippen LogP) is 3.59. The summed E-state index contributed by atoms with van der Waals surface area (Å²) in [6.07, 6.45) is 6.79. The van der Waals surface area contributed by atoms with Crippen molar-refractivity contribution in [2.24, 2.45) is 0 Å². The van der Waals surface area contributed by atoms with Gasteiger partial charge in [0, 0.05) is 0 Å². The standard InChI is InChI=1S/C8H6O4.C7H12/c9-7(10)5-1-2-6(4-3-5)8(11)12;1-7-5-3-2-4-6-7/h1-4H,(H,9,10)(H,11,12);1-6H2. The lowest BCUT2D eigenvalue weighted by molar-refractivity contribution is 0.0681. The van der Waals surface area contributed by atoms with Crippen LogP contribution in [0.4, 0.5) is 0 Å². The first kappa shape index (κ1) is 15.0. The maximum absolute atomic E-state index is 10.3. The van der Waals surface area contributed by atoms with Gasteiger partial charge in [-0.15, -0.1) is 0 Å². The van der Waals surface area contributed by atoms with E-state index in [1.54, 1.807) is 0 Å². The quantitative estimate of drug-likeness (QED) is 0.799. The van der Waals surface area contributed by atoms with Gasteiger partial charge in [0.05, 0.1) is 11.1 Å². The van der Waals surface area contributed by atoms with E-state index in [4.69, 9.17) is 10.2 Å². The molecule has 0 aromatic heterocycles. The fraction of sp³-hybridized carbons (Fsp3) is 0.333. The van der Waals surface area contributed by atoms with Crippen molar-refractivity contribution in [1.82, 2.24) is 0 Å². The van der Waals surface area contributed by atoms with Gasteiger partial charge in [-0.25, -0.2) is 9.59 Å². The van der Waals surface area contributed by atoms with Crippen LogP contribution in [0.1, 0.15) is 52.8 Å². The molecule has 1 aromatic rings. The molecule has 0 aliphatic heterocycles. The summed E-state index contributed by atoms with van der Waals surface area (Å²) in [5.74, 6) is -2.13. The third-order valence-electron chi connectivity index (χ3n) is 2.94. The number of rotatable bonds is 2. The molecule has 0 bridgehead atoms. The monoisotopic (exact) mass is 262 g/mol. The van der Waals surface area contributed by atoms with Crippen molar-refractivity contribution in [2.75, 3.05) is 0 Å². The summed E-state index contributed by atoms with van der Waals surface area (Å²) >= 11 is 0. The molecule has 4 nitrogen and oxygen atoms in total. The van der Waals surface area contributed by atoms with E-state index >= 15 is 0 Å². The van der Waals surface area contributed by atoms with Crippen LogP contribution >= 0.6 is 0 Å². The Bertz CT molecular complexity index is 419. The summed E-state index contributed by atoms with van der Waals surface area (Å²) in [5.41, 5.74) is 1.63. The van der Waals surface area contributed by atoms with E-state index in [9.17, 15) is 9.59 Å². The lowest BCUT2D eigenvalue weighted by Crippen LogP contribution is -1.99. The number of carbonyl (C=O) groups is 2. The van der Waals surface area contributed by atoms with Crippen molar-refractivity contribution < 1.29 is 19.8 Å². The largest absolute Gasteiger partial charge is 0.478 e. The average Bonchev–Trinajstić information content (AvgIpc) is 2.40. The molecule has 0 heterocycles. The lowest BCUT2D eigenvalue weighted by atomic mass is 9.97. The molecule has 0 saturated heterocycles. The first-order valence-corrected chi connectivity index (χ1v) is 6.24. The molecule has 2 rings (SSSR count). The van der Waals surface area contributed by atoms with E-state index in [0.29, 0.717) is 0 Å².